The number of hydrogen-bond acceptors (Lipinski definition) is 5. The summed E-state index contributed by atoms with van der Waals surface area (Å²) in [5.41, 5.74) is 2.80. The summed E-state index contributed by atoms with van der Waals surface area (Å²) in [7, 11) is 0. The summed E-state index contributed by atoms with van der Waals surface area (Å²) in [5.74, 6) is 0.0125. The minimum Gasteiger partial charge on any atom is -0.461 e. The van der Waals surface area contributed by atoms with Gasteiger partial charge in [0.1, 0.15) is 11.8 Å². The van der Waals surface area contributed by atoms with Gasteiger partial charge in [0.05, 0.1) is 24.4 Å². The second-order valence-corrected chi connectivity index (χ2v) is 5.96. The lowest BCUT2D eigenvalue weighted by molar-refractivity contribution is -0.180. The molecule has 3 heterocycles. The van der Waals surface area contributed by atoms with Crippen LogP contribution in [0.25, 0.3) is 0 Å². The average Bonchev–Trinajstić information content (AvgIpc) is 2.51. The molecule has 0 spiro atoms. The number of aromatic nitrogens is 2. The Labute approximate surface area is 133 Å². The molecule has 0 atom stereocenters. The molecule has 0 fully saturated rings. The molecule has 0 bridgehead atoms. The first-order valence-electron chi connectivity index (χ1n) is 7.30. The molecule has 0 unspecified atom stereocenters. The van der Waals surface area contributed by atoms with Gasteiger partial charge in [-0.1, -0.05) is 0 Å². The molecule has 1 aliphatic heterocycles. The third-order valence-electron chi connectivity index (χ3n) is 3.77. The van der Waals surface area contributed by atoms with Crippen LogP contribution in [0.4, 0.5) is 0 Å². The Balaban J connectivity index is 2.03. The second-order valence-electron chi connectivity index (χ2n) is 5.96. The van der Waals surface area contributed by atoms with E-state index in [-0.39, 0.29) is 5.56 Å². The molecule has 3 rings (SSSR count). The normalized spacial score (nSPS) is 15.4. The van der Waals surface area contributed by atoms with Crippen molar-refractivity contribution in [1.29, 1.82) is 5.26 Å². The second kappa shape index (κ2) is 5.52. The molecule has 118 valence electrons. The largest absolute Gasteiger partial charge is 0.461 e. The Morgan fingerprint density at radius 1 is 1.43 bits per heavy atom. The van der Waals surface area contributed by atoms with E-state index in [2.05, 4.69) is 4.98 Å². The molecule has 6 heteroatoms. The van der Waals surface area contributed by atoms with E-state index in [1.165, 1.54) is 16.7 Å². The number of rotatable bonds is 2. The van der Waals surface area contributed by atoms with Crippen LogP contribution in [0.5, 0.6) is 5.75 Å². The molecule has 0 saturated carbocycles. The van der Waals surface area contributed by atoms with Crippen molar-refractivity contribution in [3.8, 4) is 11.8 Å². The van der Waals surface area contributed by atoms with E-state index in [4.69, 9.17) is 14.7 Å². The van der Waals surface area contributed by atoms with Crippen LogP contribution in [0.15, 0.2) is 29.3 Å². The number of pyridine rings is 2. The summed E-state index contributed by atoms with van der Waals surface area (Å²) < 4.78 is 13.1. The van der Waals surface area contributed by atoms with E-state index in [1.54, 1.807) is 12.4 Å². The molecule has 0 saturated heterocycles. The SMILES string of the molecule is Cc1ncc(Cn2cc(C#N)ccc2=O)c2c1OC(C)(C)OC2. The lowest BCUT2D eigenvalue weighted by Gasteiger charge is -2.34. The molecule has 6 nitrogen and oxygen atoms in total. The minimum absolute atomic E-state index is 0.170. The van der Waals surface area contributed by atoms with Crippen molar-refractivity contribution >= 4 is 0 Å². The molecule has 0 radical (unpaired) electrons. The van der Waals surface area contributed by atoms with Gasteiger partial charge in [-0.2, -0.15) is 5.26 Å². The van der Waals surface area contributed by atoms with Crippen molar-refractivity contribution in [2.24, 2.45) is 0 Å². The Kier molecular flexibility index (Phi) is 3.66. The Morgan fingerprint density at radius 3 is 2.96 bits per heavy atom. The maximum Gasteiger partial charge on any atom is 0.250 e. The molecular formula is C17H17N3O3. The quantitative estimate of drug-likeness (QED) is 0.849. The summed E-state index contributed by atoms with van der Waals surface area (Å²) in [6.45, 7) is 6.29. The van der Waals surface area contributed by atoms with Gasteiger partial charge in [0.25, 0.3) is 5.56 Å². The number of fused-ring (bicyclic) bond motifs is 1. The van der Waals surface area contributed by atoms with Crippen LogP contribution in [0.1, 0.15) is 36.2 Å². The van der Waals surface area contributed by atoms with E-state index < -0.39 is 5.79 Å². The zero-order valence-corrected chi connectivity index (χ0v) is 13.3. The van der Waals surface area contributed by atoms with Crippen LogP contribution in [-0.2, 0) is 17.9 Å². The van der Waals surface area contributed by atoms with Gasteiger partial charge in [0, 0.05) is 37.9 Å². The number of ether oxygens (including phenoxy) is 2. The summed E-state index contributed by atoms with van der Waals surface area (Å²) in [6, 6.07) is 4.94. The monoisotopic (exact) mass is 311 g/mol. The van der Waals surface area contributed by atoms with Gasteiger partial charge in [-0.3, -0.25) is 9.78 Å². The number of aryl methyl sites for hydroxylation is 1. The number of nitriles is 1. The summed E-state index contributed by atoms with van der Waals surface area (Å²) >= 11 is 0. The highest BCUT2D eigenvalue weighted by molar-refractivity contribution is 5.43. The first-order valence-corrected chi connectivity index (χ1v) is 7.30. The van der Waals surface area contributed by atoms with Gasteiger partial charge in [-0.15, -0.1) is 0 Å². The summed E-state index contributed by atoms with van der Waals surface area (Å²) in [6.07, 6.45) is 3.27. The fraction of sp³-hybridized carbons (Fsp3) is 0.353. The first-order chi connectivity index (χ1) is 10.9. The maximum absolute atomic E-state index is 12.0. The third kappa shape index (κ3) is 2.96. The maximum atomic E-state index is 12.0. The van der Waals surface area contributed by atoms with Gasteiger partial charge in [0.2, 0.25) is 5.79 Å². The lowest BCUT2D eigenvalue weighted by atomic mass is 10.1. The molecular weight excluding hydrogens is 294 g/mol. The molecule has 1 aliphatic rings. The smallest absolute Gasteiger partial charge is 0.250 e. The van der Waals surface area contributed by atoms with Gasteiger partial charge < -0.3 is 14.0 Å². The van der Waals surface area contributed by atoms with E-state index in [1.807, 2.05) is 26.8 Å². The highest BCUT2D eigenvalue weighted by atomic mass is 16.7. The Hall–Kier alpha value is -2.65. The molecule has 0 N–H and O–H groups in total. The van der Waals surface area contributed by atoms with Crippen LogP contribution >= 0.6 is 0 Å². The predicted molar refractivity (Wildman–Crippen MR) is 83.0 cm³/mol. The van der Waals surface area contributed by atoms with Crippen LogP contribution in [0, 0.1) is 18.3 Å². The van der Waals surface area contributed by atoms with Crippen molar-refractivity contribution in [2.75, 3.05) is 0 Å². The van der Waals surface area contributed by atoms with Gasteiger partial charge >= 0.3 is 0 Å². The van der Waals surface area contributed by atoms with E-state index in [9.17, 15) is 4.79 Å². The average molecular weight is 311 g/mol. The lowest BCUT2D eigenvalue weighted by Crippen LogP contribution is -2.36. The molecule has 2 aromatic rings. The predicted octanol–water partition coefficient (Wildman–Crippen LogP) is 2.12. The standard InChI is InChI=1S/C17H17N3O3/c1-11-16-14(10-22-17(2,3)23-16)13(7-19-11)9-20-8-12(6-18)4-5-15(20)21/h4-5,7-8H,9-10H2,1-3H3. The summed E-state index contributed by atoms with van der Waals surface area (Å²) in [5, 5.41) is 8.99. The highest BCUT2D eigenvalue weighted by Crippen LogP contribution is 2.35. The molecule has 2 aromatic heterocycles. The van der Waals surface area contributed by atoms with Crippen molar-refractivity contribution in [3.05, 3.63) is 57.3 Å². The zero-order chi connectivity index (χ0) is 16.6. The summed E-state index contributed by atoms with van der Waals surface area (Å²) in [4.78, 5) is 16.4. The van der Waals surface area contributed by atoms with E-state index in [0.29, 0.717) is 24.5 Å². The van der Waals surface area contributed by atoms with Crippen LogP contribution in [0.3, 0.4) is 0 Å². The van der Waals surface area contributed by atoms with Crippen LogP contribution < -0.4 is 10.3 Å². The fourth-order valence-electron chi connectivity index (χ4n) is 2.53. The van der Waals surface area contributed by atoms with Gasteiger partial charge in [-0.25, -0.2) is 0 Å². The van der Waals surface area contributed by atoms with E-state index >= 15 is 0 Å². The molecule has 23 heavy (non-hydrogen) atoms. The molecule has 0 aromatic carbocycles. The molecule has 0 aliphatic carbocycles. The number of hydrogen-bond donors (Lipinski definition) is 0. The van der Waals surface area contributed by atoms with Crippen LogP contribution in [-0.4, -0.2) is 15.3 Å². The molecule has 0 amide bonds. The van der Waals surface area contributed by atoms with Crippen molar-refractivity contribution in [1.82, 2.24) is 9.55 Å². The van der Waals surface area contributed by atoms with E-state index in [0.717, 1.165) is 16.8 Å². The van der Waals surface area contributed by atoms with Crippen molar-refractivity contribution in [2.45, 2.75) is 39.7 Å². The fourth-order valence-corrected chi connectivity index (χ4v) is 2.53. The Bertz CT molecular complexity index is 862. The van der Waals surface area contributed by atoms with Gasteiger partial charge in [-0.05, 0) is 18.6 Å². The van der Waals surface area contributed by atoms with Gasteiger partial charge in [0.15, 0.2) is 0 Å². The van der Waals surface area contributed by atoms with Crippen molar-refractivity contribution < 1.29 is 9.47 Å². The zero-order valence-electron chi connectivity index (χ0n) is 13.3. The first kappa shape index (κ1) is 15.3. The topological polar surface area (TPSA) is 77.1 Å². The number of nitrogens with zero attached hydrogens (tertiary/aromatic N) is 3. The Morgan fingerprint density at radius 2 is 2.22 bits per heavy atom. The van der Waals surface area contributed by atoms with Crippen molar-refractivity contribution in [3.63, 3.8) is 0 Å². The third-order valence-corrected chi connectivity index (χ3v) is 3.77. The van der Waals surface area contributed by atoms with Crippen LogP contribution in [0.2, 0.25) is 0 Å². The highest BCUT2D eigenvalue weighted by Gasteiger charge is 2.30. The minimum atomic E-state index is -0.699.